The monoisotopic (exact) mass is 217 g/mol. The zero-order valence-electron chi connectivity index (χ0n) is 8.91. The molecule has 0 aromatic carbocycles. The number of hydrogen-bond acceptors (Lipinski definition) is 4. The largest absolute Gasteiger partial charge is 0.468 e. The van der Waals surface area contributed by atoms with Crippen LogP contribution < -0.4 is 5.32 Å². The summed E-state index contributed by atoms with van der Waals surface area (Å²) in [5.41, 5.74) is 0. The molecule has 1 N–H and O–H groups in total. The Bertz CT molecular complexity index is 181. The van der Waals surface area contributed by atoms with Crippen molar-refractivity contribution in [2.24, 2.45) is 5.92 Å². The number of hydrogen-bond donors (Lipinski definition) is 1. The van der Waals surface area contributed by atoms with Crippen LogP contribution in [0.5, 0.6) is 0 Å². The molecule has 1 heterocycles. The number of esters is 1. The molecular formula is C10H19NO2S. The van der Waals surface area contributed by atoms with Crippen LogP contribution in [0.1, 0.15) is 19.8 Å². The Morgan fingerprint density at radius 3 is 3.00 bits per heavy atom. The first kappa shape index (κ1) is 11.9. The molecule has 1 aliphatic heterocycles. The molecule has 0 aromatic rings. The molecule has 4 heteroatoms. The van der Waals surface area contributed by atoms with Crippen molar-refractivity contribution in [2.45, 2.75) is 25.8 Å². The summed E-state index contributed by atoms with van der Waals surface area (Å²) in [6.45, 7) is 2.94. The van der Waals surface area contributed by atoms with E-state index < -0.39 is 0 Å². The summed E-state index contributed by atoms with van der Waals surface area (Å²) in [6, 6.07) is -0.120. The highest BCUT2D eigenvalue weighted by molar-refractivity contribution is 7.99. The van der Waals surface area contributed by atoms with Crippen LogP contribution in [-0.4, -0.2) is 37.2 Å². The summed E-state index contributed by atoms with van der Waals surface area (Å²) < 4.78 is 4.71. The van der Waals surface area contributed by atoms with Crippen molar-refractivity contribution >= 4 is 17.7 Å². The van der Waals surface area contributed by atoms with Crippen LogP contribution in [0.15, 0.2) is 0 Å². The molecule has 0 saturated carbocycles. The zero-order valence-corrected chi connectivity index (χ0v) is 9.73. The zero-order chi connectivity index (χ0) is 10.4. The van der Waals surface area contributed by atoms with Crippen LogP contribution >= 0.6 is 11.8 Å². The second-order valence-electron chi connectivity index (χ2n) is 3.62. The molecule has 0 amide bonds. The van der Waals surface area contributed by atoms with Gasteiger partial charge in [0.1, 0.15) is 6.04 Å². The van der Waals surface area contributed by atoms with Crippen LogP contribution in [0, 0.1) is 5.92 Å². The maximum atomic E-state index is 11.3. The normalized spacial score (nSPS) is 23.4. The van der Waals surface area contributed by atoms with Crippen LogP contribution in [0.25, 0.3) is 0 Å². The molecule has 1 aliphatic rings. The average Bonchev–Trinajstić information content (AvgIpc) is 2.71. The predicted octanol–water partition coefficient (Wildman–Crippen LogP) is 1.28. The lowest BCUT2D eigenvalue weighted by Gasteiger charge is -2.16. The minimum Gasteiger partial charge on any atom is -0.468 e. The van der Waals surface area contributed by atoms with Crippen molar-refractivity contribution in [3.8, 4) is 0 Å². The van der Waals surface area contributed by atoms with Crippen molar-refractivity contribution in [1.29, 1.82) is 0 Å². The average molecular weight is 217 g/mol. The predicted molar refractivity (Wildman–Crippen MR) is 59.5 cm³/mol. The van der Waals surface area contributed by atoms with Gasteiger partial charge in [0.05, 0.1) is 7.11 Å². The summed E-state index contributed by atoms with van der Waals surface area (Å²) >= 11 is 2.00. The van der Waals surface area contributed by atoms with Crippen molar-refractivity contribution in [2.75, 3.05) is 25.2 Å². The van der Waals surface area contributed by atoms with E-state index in [0.29, 0.717) is 0 Å². The second kappa shape index (κ2) is 6.30. The third kappa shape index (κ3) is 3.50. The first-order chi connectivity index (χ1) is 6.77. The van der Waals surface area contributed by atoms with Gasteiger partial charge in [-0.1, -0.05) is 6.92 Å². The number of methoxy groups -OCH3 is 1. The lowest BCUT2D eigenvalue weighted by Crippen LogP contribution is -2.39. The summed E-state index contributed by atoms with van der Waals surface area (Å²) in [4.78, 5) is 11.3. The summed E-state index contributed by atoms with van der Waals surface area (Å²) in [7, 11) is 1.44. The molecule has 2 atom stereocenters. The van der Waals surface area contributed by atoms with Crippen molar-refractivity contribution in [1.82, 2.24) is 5.32 Å². The van der Waals surface area contributed by atoms with Crippen molar-refractivity contribution in [3.05, 3.63) is 0 Å². The maximum absolute atomic E-state index is 11.3. The van der Waals surface area contributed by atoms with Gasteiger partial charge < -0.3 is 10.1 Å². The van der Waals surface area contributed by atoms with Gasteiger partial charge in [-0.3, -0.25) is 4.79 Å². The first-order valence-electron chi connectivity index (χ1n) is 5.16. The molecule has 3 nitrogen and oxygen atoms in total. The quantitative estimate of drug-likeness (QED) is 0.704. The van der Waals surface area contributed by atoms with Gasteiger partial charge in [0.25, 0.3) is 0 Å². The first-order valence-corrected chi connectivity index (χ1v) is 6.32. The number of ether oxygens (including phenoxy) is 1. The molecule has 0 radical (unpaired) electrons. The Hall–Kier alpha value is -0.220. The van der Waals surface area contributed by atoms with Crippen molar-refractivity contribution < 1.29 is 9.53 Å². The molecule has 2 unspecified atom stereocenters. The fourth-order valence-corrected chi connectivity index (χ4v) is 2.87. The SMILES string of the molecule is CCC(NCC1CCSC1)C(=O)OC. The molecule has 1 saturated heterocycles. The fourth-order valence-electron chi connectivity index (χ4n) is 1.59. The lowest BCUT2D eigenvalue weighted by molar-refractivity contribution is -0.143. The van der Waals surface area contributed by atoms with Gasteiger partial charge in [-0.2, -0.15) is 11.8 Å². The highest BCUT2D eigenvalue weighted by Gasteiger charge is 2.20. The van der Waals surface area contributed by atoms with E-state index in [-0.39, 0.29) is 12.0 Å². The van der Waals surface area contributed by atoms with Crippen LogP contribution in [0.3, 0.4) is 0 Å². The second-order valence-corrected chi connectivity index (χ2v) is 4.77. The van der Waals surface area contributed by atoms with E-state index in [1.807, 2.05) is 18.7 Å². The standard InChI is InChI=1S/C10H19NO2S/c1-3-9(10(12)13-2)11-6-8-4-5-14-7-8/h8-9,11H,3-7H2,1-2H3. The highest BCUT2D eigenvalue weighted by atomic mass is 32.2. The number of carbonyl (C=O) groups excluding carboxylic acids is 1. The topological polar surface area (TPSA) is 38.3 Å². The Balaban J connectivity index is 2.22. The minimum atomic E-state index is -0.141. The van der Waals surface area contributed by atoms with Gasteiger partial charge in [0.2, 0.25) is 0 Å². The molecule has 1 rings (SSSR count). The number of nitrogens with one attached hydrogen (secondary N) is 1. The van der Waals surface area contributed by atoms with Crippen LogP contribution in [-0.2, 0) is 9.53 Å². The van der Waals surface area contributed by atoms with Gasteiger partial charge in [-0.25, -0.2) is 0 Å². The fraction of sp³-hybridized carbons (Fsp3) is 0.900. The van der Waals surface area contributed by atoms with E-state index in [9.17, 15) is 4.79 Å². The third-order valence-electron chi connectivity index (χ3n) is 2.57. The molecule has 82 valence electrons. The highest BCUT2D eigenvalue weighted by Crippen LogP contribution is 2.22. The van der Waals surface area contributed by atoms with Gasteiger partial charge in [-0.05, 0) is 36.8 Å². The smallest absolute Gasteiger partial charge is 0.322 e. The Morgan fingerprint density at radius 2 is 2.50 bits per heavy atom. The van der Waals surface area contributed by atoms with E-state index in [1.54, 1.807) is 0 Å². The molecule has 0 bridgehead atoms. The summed E-state index contributed by atoms with van der Waals surface area (Å²) in [6.07, 6.45) is 2.07. The Labute approximate surface area is 90.0 Å². The Morgan fingerprint density at radius 1 is 1.71 bits per heavy atom. The number of rotatable bonds is 5. The van der Waals surface area contributed by atoms with E-state index in [0.717, 1.165) is 18.9 Å². The van der Waals surface area contributed by atoms with Gasteiger partial charge in [0, 0.05) is 0 Å². The molecular weight excluding hydrogens is 198 g/mol. The maximum Gasteiger partial charge on any atom is 0.322 e. The Kier molecular flexibility index (Phi) is 5.33. The molecule has 0 aromatic heterocycles. The van der Waals surface area contributed by atoms with E-state index in [1.165, 1.54) is 25.0 Å². The number of carbonyl (C=O) groups is 1. The van der Waals surface area contributed by atoms with E-state index >= 15 is 0 Å². The molecule has 14 heavy (non-hydrogen) atoms. The number of thioether (sulfide) groups is 1. The molecule has 1 fully saturated rings. The van der Waals surface area contributed by atoms with Gasteiger partial charge >= 0.3 is 5.97 Å². The van der Waals surface area contributed by atoms with Crippen LogP contribution in [0.2, 0.25) is 0 Å². The van der Waals surface area contributed by atoms with Crippen molar-refractivity contribution in [3.63, 3.8) is 0 Å². The summed E-state index contributed by atoms with van der Waals surface area (Å²) in [5, 5.41) is 3.27. The summed E-state index contributed by atoms with van der Waals surface area (Å²) in [5.74, 6) is 3.09. The van der Waals surface area contributed by atoms with Gasteiger partial charge in [0.15, 0.2) is 0 Å². The molecule has 0 spiro atoms. The van der Waals surface area contributed by atoms with Gasteiger partial charge in [-0.15, -0.1) is 0 Å². The molecule has 0 aliphatic carbocycles. The van der Waals surface area contributed by atoms with Crippen LogP contribution in [0.4, 0.5) is 0 Å². The minimum absolute atomic E-state index is 0.120. The van der Waals surface area contributed by atoms with E-state index in [2.05, 4.69) is 5.32 Å². The third-order valence-corrected chi connectivity index (χ3v) is 3.80. The lowest BCUT2D eigenvalue weighted by atomic mass is 10.1. The van der Waals surface area contributed by atoms with E-state index in [4.69, 9.17) is 4.74 Å².